The Balaban J connectivity index is 1.85. The minimum Gasteiger partial charge on any atom is -0.289 e. The molecule has 1 aliphatic rings. The van der Waals surface area contributed by atoms with E-state index >= 15 is 0 Å². The maximum absolute atomic E-state index is 13.4. The van der Waals surface area contributed by atoms with Gasteiger partial charge in [-0.15, -0.1) is 0 Å². The normalized spacial score (nSPS) is 13.6. The highest BCUT2D eigenvalue weighted by molar-refractivity contribution is 9.10. The first-order valence-electron chi connectivity index (χ1n) is 9.06. The maximum atomic E-state index is 13.4. The van der Waals surface area contributed by atoms with Crippen molar-refractivity contribution < 1.29 is 13.2 Å². The van der Waals surface area contributed by atoms with Crippen LogP contribution in [0.1, 0.15) is 21.5 Å². The molecular weight excluding hydrogens is 450 g/mol. The topological polar surface area (TPSA) is 54.5 Å². The molecule has 3 aromatic rings. The van der Waals surface area contributed by atoms with E-state index in [9.17, 15) is 13.2 Å². The van der Waals surface area contributed by atoms with Gasteiger partial charge in [-0.05, 0) is 42.8 Å². The van der Waals surface area contributed by atoms with E-state index in [0.717, 1.165) is 15.6 Å². The van der Waals surface area contributed by atoms with Crippen molar-refractivity contribution in [1.29, 1.82) is 0 Å². The summed E-state index contributed by atoms with van der Waals surface area (Å²) >= 11 is 3.44. The summed E-state index contributed by atoms with van der Waals surface area (Å²) in [4.78, 5) is 13.2. The first kappa shape index (κ1) is 19.6. The number of Topliss-reactive ketones (excluding diaryl/α,β-unsaturated/α-hetero) is 1. The SMILES string of the molecule is Cc1ccc(S(=O)(=O)N2C=C(C(=O)c3ccccc3)Cc3cc(Br)ccc32)cc1. The number of allylic oxidation sites excluding steroid dienone is 1. The quantitative estimate of drug-likeness (QED) is 0.490. The van der Waals surface area contributed by atoms with E-state index < -0.39 is 10.0 Å². The number of ketones is 1. The van der Waals surface area contributed by atoms with Crippen LogP contribution in [0.25, 0.3) is 0 Å². The number of benzene rings is 3. The largest absolute Gasteiger partial charge is 0.289 e. The lowest BCUT2D eigenvalue weighted by molar-refractivity contribution is 0.103. The zero-order valence-corrected chi connectivity index (χ0v) is 18.1. The highest BCUT2D eigenvalue weighted by Crippen LogP contribution is 2.36. The van der Waals surface area contributed by atoms with E-state index in [4.69, 9.17) is 0 Å². The van der Waals surface area contributed by atoms with Crippen LogP contribution in [0.2, 0.25) is 0 Å². The fourth-order valence-corrected chi connectivity index (χ4v) is 5.13. The molecule has 0 atom stereocenters. The number of anilines is 1. The van der Waals surface area contributed by atoms with E-state index in [1.54, 1.807) is 60.7 Å². The van der Waals surface area contributed by atoms with Gasteiger partial charge in [0.05, 0.1) is 10.6 Å². The van der Waals surface area contributed by atoms with Gasteiger partial charge in [0.25, 0.3) is 10.0 Å². The third-order valence-corrected chi connectivity index (χ3v) is 7.02. The van der Waals surface area contributed by atoms with Gasteiger partial charge in [-0.1, -0.05) is 64.0 Å². The number of hydrogen-bond acceptors (Lipinski definition) is 3. The van der Waals surface area contributed by atoms with Crippen LogP contribution < -0.4 is 4.31 Å². The van der Waals surface area contributed by atoms with Crippen LogP contribution in [0.15, 0.2) is 93.9 Å². The number of nitrogens with zero attached hydrogens (tertiary/aromatic N) is 1. The lowest BCUT2D eigenvalue weighted by atomic mass is 9.95. The second-order valence-corrected chi connectivity index (χ2v) is 9.64. The third kappa shape index (κ3) is 3.78. The number of carbonyl (C=O) groups is 1. The number of sulfonamides is 1. The zero-order chi connectivity index (χ0) is 20.6. The van der Waals surface area contributed by atoms with E-state index in [2.05, 4.69) is 15.9 Å². The summed E-state index contributed by atoms with van der Waals surface area (Å²) in [6.07, 6.45) is 1.82. The summed E-state index contributed by atoms with van der Waals surface area (Å²) in [5, 5.41) is 0. The van der Waals surface area contributed by atoms with Gasteiger partial charge in [-0.3, -0.25) is 4.79 Å². The fraction of sp³-hybridized carbons (Fsp3) is 0.0870. The molecule has 0 N–H and O–H groups in total. The predicted molar refractivity (Wildman–Crippen MR) is 118 cm³/mol. The Morgan fingerprint density at radius 1 is 0.966 bits per heavy atom. The van der Waals surface area contributed by atoms with Gasteiger partial charge < -0.3 is 0 Å². The number of hydrogen-bond donors (Lipinski definition) is 0. The lowest BCUT2D eigenvalue weighted by Gasteiger charge is -2.28. The number of aryl methyl sites for hydroxylation is 1. The molecule has 0 saturated carbocycles. The van der Waals surface area contributed by atoms with Gasteiger partial charge in [0.1, 0.15) is 0 Å². The monoisotopic (exact) mass is 467 g/mol. The molecule has 29 heavy (non-hydrogen) atoms. The van der Waals surface area contributed by atoms with Crippen molar-refractivity contribution in [2.45, 2.75) is 18.2 Å². The van der Waals surface area contributed by atoms with Gasteiger partial charge in [0, 0.05) is 28.2 Å². The van der Waals surface area contributed by atoms with E-state index in [1.807, 2.05) is 19.1 Å². The van der Waals surface area contributed by atoms with Crippen LogP contribution in [0, 0.1) is 6.92 Å². The van der Waals surface area contributed by atoms with Crippen LogP contribution in [-0.4, -0.2) is 14.2 Å². The molecular formula is C23H18BrNO3S. The van der Waals surface area contributed by atoms with Crippen molar-refractivity contribution in [2.24, 2.45) is 0 Å². The van der Waals surface area contributed by atoms with Crippen LogP contribution in [-0.2, 0) is 16.4 Å². The molecule has 0 fully saturated rings. The number of halogens is 1. The van der Waals surface area contributed by atoms with Gasteiger partial charge in [0.15, 0.2) is 5.78 Å². The highest BCUT2D eigenvalue weighted by Gasteiger charge is 2.31. The lowest BCUT2D eigenvalue weighted by Crippen LogP contribution is -2.31. The van der Waals surface area contributed by atoms with Crippen molar-refractivity contribution in [2.75, 3.05) is 4.31 Å². The van der Waals surface area contributed by atoms with Crippen molar-refractivity contribution in [1.82, 2.24) is 0 Å². The molecule has 4 rings (SSSR count). The van der Waals surface area contributed by atoms with Gasteiger partial charge in [0.2, 0.25) is 0 Å². The maximum Gasteiger partial charge on any atom is 0.268 e. The van der Waals surface area contributed by atoms with Crippen LogP contribution in [0.5, 0.6) is 0 Å². The molecule has 4 nitrogen and oxygen atoms in total. The average Bonchev–Trinajstić information content (AvgIpc) is 2.73. The van der Waals surface area contributed by atoms with Crippen LogP contribution in [0.4, 0.5) is 5.69 Å². The van der Waals surface area contributed by atoms with E-state index in [-0.39, 0.29) is 10.7 Å². The Hall–Kier alpha value is -2.70. The molecule has 0 aromatic heterocycles. The van der Waals surface area contributed by atoms with E-state index in [1.165, 1.54) is 10.5 Å². The Morgan fingerprint density at radius 2 is 1.66 bits per heavy atom. The minimum atomic E-state index is -3.86. The fourth-order valence-electron chi connectivity index (χ4n) is 3.31. The molecule has 0 bridgehead atoms. The number of carbonyl (C=O) groups excluding carboxylic acids is 1. The smallest absolute Gasteiger partial charge is 0.268 e. The van der Waals surface area contributed by atoms with Gasteiger partial charge in [-0.25, -0.2) is 12.7 Å². The molecule has 0 spiro atoms. The summed E-state index contributed by atoms with van der Waals surface area (Å²) in [6.45, 7) is 1.90. The molecule has 0 aliphatic carbocycles. The average molecular weight is 468 g/mol. The summed E-state index contributed by atoms with van der Waals surface area (Å²) < 4.78 is 28.9. The first-order valence-corrected chi connectivity index (χ1v) is 11.3. The Labute approximate surface area is 178 Å². The van der Waals surface area contributed by atoms with Gasteiger partial charge >= 0.3 is 0 Å². The number of fused-ring (bicyclic) bond motifs is 1. The molecule has 3 aromatic carbocycles. The molecule has 0 unspecified atom stereocenters. The molecule has 6 heteroatoms. The van der Waals surface area contributed by atoms with Crippen molar-refractivity contribution in [3.8, 4) is 0 Å². The third-order valence-electron chi connectivity index (χ3n) is 4.84. The molecule has 146 valence electrons. The Morgan fingerprint density at radius 3 is 2.34 bits per heavy atom. The summed E-state index contributed by atoms with van der Waals surface area (Å²) in [7, 11) is -3.86. The molecule has 0 radical (unpaired) electrons. The Bertz CT molecular complexity index is 1220. The summed E-state index contributed by atoms with van der Waals surface area (Å²) in [6, 6.07) is 21.0. The van der Waals surface area contributed by atoms with Crippen molar-refractivity contribution in [3.05, 3.63) is 106 Å². The van der Waals surface area contributed by atoms with Crippen LogP contribution in [0.3, 0.4) is 0 Å². The number of rotatable bonds is 4. The molecule has 0 amide bonds. The molecule has 1 aliphatic heterocycles. The second kappa shape index (κ2) is 7.61. The van der Waals surface area contributed by atoms with Crippen molar-refractivity contribution in [3.63, 3.8) is 0 Å². The molecule has 1 heterocycles. The van der Waals surface area contributed by atoms with Gasteiger partial charge in [-0.2, -0.15) is 0 Å². The van der Waals surface area contributed by atoms with E-state index in [0.29, 0.717) is 23.2 Å². The standard InChI is InChI=1S/C23H18BrNO3S/c1-16-7-10-21(11-8-16)29(27,28)25-15-19(23(26)17-5-3-2-4-6-17)13-18-14-20(24)9-12-22(18)25/h2-12,14-15H,13H2,1H3. The summed E-state index contributed by atoms with van der Waals surface area (Å²) in [5.74, 6) is -0.180. The highest BCUT2D eigenvalue weighted by atomic mass is 79.9. The van der Waals surface area contributed by atoms with Crippen molar-refractivity contribution >= 4 is 37.4 Å². The Kier molecular flexibility index (Phi) is 5.15. The van der Waals surface area contributed by atoms with Crippen LogP contribution >= 0.6 is 15.9 Å². The second-order valence-electron chi connectivity index (χ2n) is 6.91. The zero-order valence-electron chi connectivity index (χ0n) is 15.7. The minimum absolute atomic E-state index is 0.180. The molecule has 0 saturated heterocycles. The summed E-state index contributed by atoms with van der Waals surface area (Å²) in [5.41, 5.74) is 3.26. The first-order chi connectivity index (χ1) is 13.9. The predicted octanol–water partition coefficient (Wildman–Crippen LogP) is 5.28.